The molecule has 5 heteroatoms. The zero-order chi connectivity index (χ0) is 14.8. The predicted molar refractivity (Wildman–Crippen MR) is 82.3 cm³/mol. The Morgan fingerprint density at radius 3 is 2.75 bits per heavy atom. The maximum absolute atomic E-state index is 11.7. The number of carbonyl (C=O) groups excluding carboxylic acids is 1. The quantitative estimate of drug-likeness (QED) is 0.674. The molecule has 0 unspecified atom stereocenters. The Morgan fingerprint density at radius 1 is 1.30 bits per heavy atom. The summed E-state index contributed by atoms with van der Waals surface area (Å²) in [6.07, 6.45) is 0.953. The molecule has 2 N–H and O–H groups in total. The van der Waals surface area contributed by atoms with E-state index in [2.05, 4.69) is 15.5 Å². The van der Waals surface area contributed by atoms with Crippen LogP contribution in [0.1, 0.15) is 13.3 Å². The zero-order valence-electron chi connectivity index (χ0n) is 12.6. The monoisotopic (exact) mass is 279 g/mol. The number of nitrogens with one attached hydrogen (secondary N) is 2. The summed E-state index contributed by atoms with van der Waals surface area (Å²) in [6, 6.07) is 7.63. The number of benzene rings is 1. The molecule has 0 bridgehead atoms. The molecule has 0 spiro atoms. The van der Waals surface area contributed by atoms with Gasteiger partial charge in [-0.15, -0.1) is 0 Å². The van der Waals surface area contributed by atoms with Crippen LogP contribution in [-0.4, -0.2) is 51.1 Å². The van der Waals surface area contributed by atoms with Crippen LogP contribution in [0.15, 0.2) is 24.3 Å². The van der Waals surface area contributed by atoms with Gasteiger partial charge in [-0.05, 0) is 46.1 Å². The lowest BCUT2D eigenvalue weighted by atomic mass is 10.3. The Bertz CT molecular complexity index is 408. The van der Waals surface area contributed by atoms with Crippen LogP contribution in [0, 0.1) is 0 Å². The third kappa shape index (κ3) is 6.43. The van der Waals surface area contributed by atoms with Crippen molar-refractivity contribution in [2.45, 2.75) is 13.3 Å². The van der Waals surface area contributed by atoms with Crippen molar-refractivity contribution in [2.75, 3.05) is 45.7 Å². The van der Waals surface area contributed by atoms with Crippen LogP contribution in [0.2, 0.25) is 0 Å². The van der Waals surface area contributed by atoms with Crippen molar-refractivity contribution >= 4 is 11.6 Å². The largest absolute Gasteiger partial charge is 0.492 e. The van der Waals surface area contributed by atoms with Crippen LogP contribution in [0.5, 0.6) is 5.75 Å². The number of hydrogen-bond donors (Lipinski definition) is 2. The van der Waals surface area contributed by atoms with E-state index >= 15 is 0 Å². The van der Waals surface area contributed by atoms with Crippen molar-refractivity contribution in [1.82, 2.24) is 10.2 Å². The van der Waals surface area contributed by atoms with Gasteiger partial charge in [-0.3, -0.25) is 4.79 Å². The van der Waals surface area contributed by atoms with Crippen molar-refractivity contribution < 1.29 is 9.53 Å². The van der Waals surface area contributed by atoms with Crippen molar-refractivity contribution in [3.05, 3.63) is 24.3 Å². The van der Waals surface area contributed by atoms with E-state index in [9.17, 15) is 4.79 Å². The molecule has 0 radical (unpaired) electrons. The average Bonchev–Trinajstić information content (AvgIpc) is 2.43. The van der Waals surface area contributed by atoms with E-state index < -0.39 is 0 Å². The van der Waals surface area contributed by atoms with Crippen LogP contribution in [0.25, 0.3) is 0 Å². The molecular weight excluding hydrogens is 254 g/mol. The van der Waals surface area contributed by atoms with E-state index in [0.29, 0.717) is 13.2 Å². The van der Waals surface area contributed by atoms with Gasteiger partial charge >= 0.3 is 0 Å². The molecule has 1 aromatic carbocycles. The van der Waals surface area contributed by atoms with Gasteiger partial charge in [0.2, 0.25) is 5.91 Å². The molecular formula is C15H25N3O2. The molecule has 0 aliphatic carbocycles. The van der Waals surface area contributed by atoms with Gasteiger partial charge in [0.15, 0.2) is 0 Å². The van der Waals surface area contributed by atoms with Crippen molar-refractivity contribution in [3.8, 4) is 5.75 Å². The predicted octanol–water partition coefficient (Wildman–Crippen LogP) is 1.57. The first-order valence-corrected chi connectivity index (χ1v) is 7.00. The first-order chi connectivity index (χ1) is 9.63. The Hall–Kier alpha value is -1.75. The summed E-state index contributed by atoms with van der Waals surface area (Å²) in [5.74, 6) is 0.769. The standard InChI is InChI=1S/C15H25N3O2/c1-4-20-14-9-6-5-8-13(14)17-12-15(19)16-10-7-11-18(2)3/h5-6,8-9,17H,4,7,10-12H2,1-3H3,(H,16,19). The Balaban J connectivity index is 2.30. The van der Waals surface area contributed by atoms with Gasteiger partial charge in [0.25, 0.3) is 0 Å². The van der Waals surface area contributed by atoms with Gasteiger partial charge in [0.1, 0.15) is 5.75 Å². The molecule has 1 amide bonds. The lowest BCUT2D eigenvalue weighted by molar-refractivity contribution is -0.119. The Kier molecular flexibility index (Phi) is 7.50. The summed E-state index contributed by atoms with van der Waals surface area (Å²) in [4.78, 5) is 13.8. The summed E-state index contributed by atoms with van der Waals surface area (Å²) in [5, 5.41) is 5.99. The second-order valence-corrected chi connectivity index (χ2v) is 4.79. The fourth-order valence-corrected chi connectivity index (χ4v) is 1.76. The van der Waals surface area contributed by atoms with Crippen molar-refractivity contribution in [2.24, 2.45) is 0 Å². The number of carbonyl (C=O) groups is 1. The summed E-state index contributed by atoms with van der Waals surface area (Å²) >= 11 is 0. The fourth-order valence-electron chi connectivity index (χ4n) is 1.76. The third-order valence-electron chi connectivity index (χ3n) is 2.73. The molecule has 0 aromatic heterocycles. The van der Waals surface area contributed by atoms with Crippen LogP contribution >= 0.6 is 0 Å². The third-order valence-corrected chi connectivity index (χ3v) is 2.73. The maximum Gasteiger partial charge on any atom is 0.239 e. The van der Waals surface area contributed by atoms with Gasteiger partial charge < -0.3 is 20.3 Å². The number of para-hydroxylation sites is 2. The number of amides is 1. The number of rotatable bonds is 9. The van der Waals surface area contributed by atoms with Gasteiger partial charge in [-0.25, -0.2) is 0 Å². The first-order valence-electron chi connectivity index (χ1n) is 7.00. The summed E-state index contributed by atoms with van der Waals surface area (Å²) < 4.78 is 5.49. The molecule has 1 rings (SSSR count). The highest BCUT2D eigenvalue weighted by Crippen LogP contribution is 2.23. The molecule has 0 aliphatic rings. The second-order valence-electron chi connectivity index (χ2n) is 4.79. The lowest BCUT2D eigenvalue weighted by Crippen LogP contribution is -2.32. The van der Waals surface area contributed by atoms with Crippen LogP contribution in [0.3, 0.4) is 0 Å². The smallest absolute Gasteiger partial charge is 0.239 e. The highest BCUT2D eigenvalue weighted by atomic mass is 16.5. The van der Waals surface area contributed by atoms with Crippen LogP contribution < -0.4 is 15.4 Å². The SMILES string of the molecule is CCOc1ccccc1NCC(=O)NCCCN(C)C. The second kappa shape index (κ2) is 9.20. The van der Waals surface area contributed by atoms with E-state index in [1.165, 1.54) is 0 Å². The average molecular weight is 279 g/mol. The van der Waals surface area contributed by atoms with E-state index in [4.69, 9.17) is 4.74 Å². The minimum absolute atomic E-state index is 0.00458. The van der Waals surface area contributed by atoms with Crippen molar-refractivity contribution in [1.29, 1.82) is 0 Å². The Labute approximate surface area is 121 Å². The molecule has 0 heterocycles. The number of hydrogen-bond acceptors (Lipinski definition) is 4. The van der Waals surface area contributed by atoms with Gasteiger partial charge in [-0.1, -0.05) is 12.1 Å². The van der Waals surface area contributed by atoms with Crippen LogP contribution in [-0.2, 0) is 4.79 Å². The van der Waals surface area contributed by atoms with Gasteiger partial charge in [0.05, 0.1) is 18.8 Å². The van der Waals surface area contributed by atoms with Gasteiger partial charge in [0, 0.05) is 6.54 Å². The normalized spacial score (nSPS) is 10.4. The number of anilines is 1. The molecule has 5 nitrogen and oxygen atoms in total. The molecule has 0 fully saturated rings. The molecule has 112 valence electrons. The Morgan fingerprint density at radius 2 is 2.05 bits per heavy atom. The highest BCUT2D eigenvalue weighted by molar-refractivity contribution is 5.81. The van der Waals surface area contributed by atoms with Crippen molar-refractivity contribution in [3.63, 3.8) is 0 Å². The molecule has 0 saturated carbocycles. The molecule has 0 aliphatic heterocycles. The zero-order valence-corrected chi connectivity index (χ0v) is 12.6. The maximum atomic E-state index is 11.7. The minimum atomic E-state index is -0.00458. The van der Waals surface area contributed by atoms with E-state index in [-0.39, 0.29) is 12.5 Å². The number of nitrogens with zero attached hydrogens (tertiary/aromatic N) is 1. The fraction of sp³-hybridized carbons (Fsp3) is 0.533. The summed E-state index contributed by atoms with van der Waals surface area (Å²) in [6.45, 7) is 4.47. The molecule has 0 atom stereocenters. The topological polar surface area (TPSA) is 53.6 Å². The summed E-state index contributed by atoms with van der Waals surface area (Å²) in [5.41, 5.74) is 0.845. The van der Waals surface area contributed by atoms with E-state index in [0.717, 1.165) is 24.4 Å². The molecule has 20 heavy (non-hydrogen) atoms. The lowest BCUT2D eigenvalue weighted by Gasteiger charge is -2.13. The van der Waals surface area contributed by atoms with E-state index in [1.54, 1.807) is 0 Å². The molecule has 0 saturated heterocycles. The molecule has 1 aromatic rings. The number of ether oxygens (including phenoxy) is 1. The van der Waals surface area contributed by atoms with E-state index in [1.807, 2.05) is 45.3 Å². The van der Waals surface area contributed by atoms with Gasteiger partial charge in [-0.2, -0.15) is 0 Å². The van der Waals surface area contributed by atoms with Crippen LogP contribution in [0.4, 0.5) is 5.69 Å². The minimum Gasteiger partial charge on any atom is -0.492 e. The first kappa shape index (κ1) is 16.3. The summed E-state index contributed by atoms with van der Waals surface area (Å²) in [7, 11) is 4.04. The highest BCUT2D eigenvalue weighted by Gasteiger charge is 2.04.